The van der Waals surface area contributed by atoms with Gasteiger partial charge in [0.2, 0.25) is 0 Å². The van der Waals surface area contributed by atoms with E-state index in [0.717, 1.165) is 0 Å². The first kappa shape index (κ1) is 19.4. The zero-order valence-electron chi connectivity index (χ0n) is 16.1. The molecule has 146 valence electrons. The van der Waals surface area contributed by atoms with Crippen LogP contribution in [0.4, 0.5) is 0 Å². The average Bonchev–Trinajstić information content (AvgIpc) is 2.93. The standard InChI is InChI=1S/C20H26N2O5/c1-14(2)27-13-10-22-19(23)17(15-4-6-16(25-3)7-5-15)18(20(22)24)21-8-11-26-12-9-21/h4-7,14H,8-13H2,1-3H3. The number of methoxy groups -OCH3 is 1. The Morgan fingerprint density at radius 3 is 2.33 bits per heavy atom. The van der Waals surface area contributed by atoms with Crippen molar-refractivity contribution in [2.75, 3.05) is 46.6 Å². The van der Waals surface area contributed by atoms with Gasteiger partial charge in [-0.25, -0.2) is 0 Å². The molecule has 27 heavy (non-hydrogen) atoms. The maximum atomic E-state index is 13.1. The summed E-state index contributed by atoms with van der Waals surface area (Å²) in [6.45, 7) is 6.66. The first-order valence-electron chi connectivity index (χ1n) is 9.22. The van der Waals surface area contributed by atoms with Crippen molar-refractivity contribution in [2.45, 2.75) is 20.0 Å². The van der Waals surface area contributed by atoms with Crippen LogP contribution in [0.2, 0.25) is 0 Å². The van der Waals surface area contributed by atoms with Crippen LogP contribution in [-0.4, -0.2) is 74.3 Å². The predicted molar refractivity (Wildman–Crippen MR) is 100 cm³/mol. The van der Waals surface area contributed by atoms with Gasteiger partial charge < -0.3 is 19.1 Å². The van der Waals surface area contributed by atoms with Crippen LogP contribution in [-0.2, 0) is 19.1 Å². The van der Waals surface area contributed by atoms with E-state index in [1.807, 2.05) is 30.9 Å². The molecule has 0 bridgehead atoms. The van der Waals surface area contributed by atoms with Gasteiger partial charge in [0.1, 0.15) is 11.4 Å². The van der Waals surface area contributed by atoms with Gasteiger partial charge in [0, 0.05) is 13.1 Å². The second-order valence-corrected chi connectivity index (χ2v) is 6.73. The molecule has 1 aromatic rings. The molecule has 3 rings (SSSR count). The third kappa shape index (κ3) is 4.14. The highest BCUT2D eigenvalue weighted by Crippen LogP contribution is 2.32. The number of carbonyl (C=O) groups is 2. The van der Waals surface area contributed by atoms with Crippen LogP contribution in [0.5, 0.6) is 5.75 Å². The molecule has 0 atom stereocenters. The third-order valence-electron chi connectivity index (χ3n) is 4.62. The highest BCUT2D eigenvalue weighted by molar-refractivity contribution is 6.35. The molecule has 0 radical (unpaired) electrons. The zero-order valence-corrected chi connectivity index (χ0v) is 16.1. The topological polar surface area (TPSA) is 68.3 Å². The number of rotatable bonds is 7. The quantitative estimate of drug-likeness (QED) is 0.675. The van der Waals surface area contributed by atoms with Crippen molar-refractivity contribution in [1.82, 2.24) is 9.80 Å². The van der Waals surface area contributed by atoms with E-state index < -0.39 is 0 Å². The summed E-state index contributed by atoms with van der Waals surface area (Å²) in [5.74, 6) is 0.158. The van der Waals surface area contributed by atoms with Crippen LogP contribution in [0.3, 0.4) is 0 Å². The monoisotopic (exact) mass is 374 g/mol. The average molecular weight is 374 g/mol. The Hall–Kier alpha value is -2.38. The van der Waals surface area contributed by atoms with Crippen molar-refractivity contribution in [2.24, 2.45) is 0 Å². The molecule has 1 saturated heterocycles. The largest absolute Gasteiger partial charge is 0.497 e. The van der Waals surface area contributed by atoms with Crippen LogP contribution in [0.1, 0.15) is 19.4 Å². The van der Waals surface area contributed by atoms with E-state index in [1.54, 1.807) is 19.2 Å². The predicted octanol–water partition coefficient (Wildman–Crippen LogP) is 1.53. The van der Waals surface area contributed by atoms with Crippen molar-refractivity contribution >= 4 is 17.4 Å². The van der Waals surface area contributed by atoms with Crippen molar-refractivity contribution in [1.29, 1.82) is 0 Å². The Kier molecular flexibility index (Phi) is 6.13. The first-order chi connectivity index (χ1) is 13.0. The minimum absolute atomic E-state index is 0.0468. The van der Waals surface area contributed by atoms with Crippen molar-refractivity contribution in [3.05, 3.63) is 35.5 Å². The fourth-order valence-corrected chi connectivity index (χ4v) is 3.24. The maximum Gasteiger partial charge on any atom is 0.277 e. The molecular weight excluding hydrogens is 348 g/mol. The van der Waals surface area contributed by atoms with E-state index in [-0.39, 0.29) is 24.5 Å². The van der Waals surface area contributed by atoms with Gasteiger partial charge in [-0.05, 0) is 31.5 Å². The normalized spacial score (nSPS) is 18.1. The van der Waals surface area contributed by atoms with E-state index in [1.165, 1.54) is 4.90 Å². The van der Waals surface area contributed by atoms with Crippen molar-refractivity contribution in [3.8, 4) is 5.75 Å². The minimum Gasteiger partial charge on any atom is -0.497 e. The lowest BCUT2D eigenvalue weighted by Gasteiger charge is -2.29. The number of ether oxygens (including phenoxy) is 3. The second-order valence-electron chi connectivity index (χ2n) is 6.73. The highest BCUT2D eigenvalue weighted by atomic mass is 16.5. The second kappa shape index (κ2) is 8.54. The van der Waals surface area contributed by atoms with Crippen LogP contribution >= 0.6 is 0 Å². The zero-order chi connectivity index (χ0) is 19.4. The summed E-state index contributed by atoms with van der Waals surface area (Å²) in [6, 6.07) is 7.21. The molecule has 7 heteroatoms. The Balaban J connectivity index is 1.92. The Morgan fingerprint density at radius 1 is 1.07 bits per heavy atom. The smallest absolute Gasteiger partial charge is 0.277 e. The molecule has 0 unspecified atom stereocenters. The molecule has 0 N–H and O–H groups in total. The number of benzene rings is 1. The maximum absolute atomic E-state index is 13.1. The summed E-state index contributed by atoms with van der Waals surface area (Å²) in [7, 11) is 1.59. The van der Waals surface area contributed by atoms with Crippen LogP contribution in [0.15, 0.2) is 30.0 Å². The molecule has 0 aliphatic carbocycles. The fourth-order valence-electron chi connectivity index (χ4n) is 3.24. The van der Waals surface area contributed by atoms with Gasteiger partial charge in [0.05, 0.1) is 45.2 Å². The first-order valence-corrected chi connectivity index (χ1v) is 9.22. The van der Waals surface area contributed by atoms with Gasteiger partial charge in [0.15, 0.2) is 0 Å². The molecule has 0 spiro atoms. The Morgan fingerprint density at radius 2 is 1.74 bits per heavy atom. The number of morpholine rings is 1. The van der Waals surface area contributed by atoms with Gasteiger partial charge in [-0.3, -0.25) is 14.5 Å². The van der Waals surface area contributed by atoms with Crippen molar-refractivity contribution in [3.63, 3.8) is 0 Å². The van der Waals surface area contributed by atoms with Gasteiger partial charge in [-0.1, -0.05) is 12.1 Å². The number of amides is 2. The summed E-state index contributed by atoms with van der Waals surface area (Å²) in [4.78, 5) is 29.4. The van der Waals surface area contributed by atoms with Crippen molar-refractivity contribution < 1.29 is 23.8 Å². The van der Waals surface area contributed by atoms with Crippen LogP contribution in [0.25, 0.3) is 5.57 Å². The minimum atomic E-state index is -0.279. The number of carbonyl (C=O) groups excluding carboxylic acids is 2. The Bertz CT molecular complexity index is 720. The number of imide groups is 1. The number of hydrogen-bond donors (Lipinski definition) is 0. The summed E-state index contributed by atoms with van der Waals surface area (Å²) in [5.41, 5.74) is 1.61. The summed E-state index contributed by atoms with van der Waals surface area (Å²) in [6.07, 6.45) is 0.0468. The van der Waals surface area contributed by atoms with Gasteiger partial charge in [-0.2, -0.15) is 0 Å². The highest BCUT2D eigenvalue weighted by Gasteiger charge is 2.41. The molecule has 2 aliphatic rings. The van der Waals surface area contributed by atoms with E-state index in [9.17, 15) is 9.59 Å². The summed E-state index contributed by atoms with van der Waals surface area (Å²) < 4.78 is 16.1. The molecule has 0 saturated carbocycles. The lowest BCUT2D eigenvalue weighted by molar-refractivity contribution is -0.138. The van der Waals surface area contributed by atoms with E-state index in [4.69, 9.17) is 14.2 Å². The molecule has 1 fully saturated rings. The van der Waals surface area contributed by atoms with Gasteiger partial charge >= 0.3 is 0 Å². The third-order valence-corrected chi connectivity index (χ3v) is 4.62. The van der Waals surface area contributed by atoms with E-state index in [2.05, 4.69) is 0 Å². The van der Waals surface area contributed by atoms with Crippen LogP contribution in [0, 0.1) is 0 Å². The summed E-state index contributed by atoms with van der Waals surface area (Å²) >= 11 is 0. The number of hydrogen-bond acceptors (Lipinski definition) is 6. The molecule has 1 aromatic carbocycles. The molecule has 2 heterocycles. The van der Waals surface area contributed by atoms with E-state index in [0.29, 0.717) is 55.5 Å². The SMILES string of the molecule is COc1ccc(C2=C(N3CCOCC3)C(=O)N(CCOC(C)C)C2=O)cc1. The Labute approximate surface area is 159 Å². The lowest BCUT2D eigenvalue weighted by Crippen LogP contribution is -2.41. The fraction of sp³-hybridized carbons (Fsp3) is 0.500. The van der Waals surface area contributed by atoms with E-state index >= 15 is 0 Å². The van der Waals surface area contributed by atoms with Crippen LogP contribution < -0.4 is 4.74 Å². The van der Waals surface area contributed by atoms with Gasteiger partial charge in [-0.15, -0.1) is 0 Å². The number of nitrogens with zero attached hydrogens (tertiary/aromatic N) is 2. The molecule has 7 nitrogen and oxygen atoms in total. The molecule has 2 aliphatic heterocycles. The van der Waals surface area contributed by atoms with Gasteiger partial charge in [0.25, 0.3) is 11.8 Å². The molecule has 2 amide bonds. The molecule has 0 aromatic heterocycles. The summed E-state index contributed by atoms with van der Waals surface area (Å²) in [5, 5.41) is 0. The molecular formula is C20H26N2O5. The lowest BCUT2D eigenvalue weighted by atomic mass is 10.0.